The van der Waals surface area contributed by atoms with Gasteiger partial charge in [-0.05, 0) is 173 Å². The van der Waals surface area contributed by atoms with Gasteiger partial charge in [-0.2, -0.15) is 0 Å². The molecule has 12 aromatic rings. The summed E-state index contributed by atoms with van der Waals surface area (Å²) in [7, 11) is 0. The first-order valence-electron chi connectivity index (χ1n) is 28.8. The molecule has 0 N–H and O–H groups in total. The molecule has 83 heavy (non-hydrogen) atoms. The number of anilines is 9. The molecule has 0 saturated carbocycles. The van der Waals surface area contributed by atoms with E-state index in [9.17, 15) is 0 Å². The molecule has 0 aromatic heterocycles. The first kappa shape index (κ1) is 49.2. The molecule has 0 atom stereocenters. The summed E-state index contributed by atoms with van der Waals surface area (Å²) in [6.07, 6.45) is 0. The minimum absolute atomic E-state index is 0.0945. The molecular weight excluding hydrogens is 1020 g/mol. The minimum Gasteiger partial charge on any atom is -0.458 e. The molecule has 0 unspecified atom stereocenters. The van der Waals surface area contributed by atoms with Crippen LogP contribution in [0.1, 0.15) is 22.3 Å². The molecule has 4 aliphatic heterocycles. The van der Waals surface area contributed by atoms with E-state index in [1.165, 1.54) is 70.4 Å². The van der Waals surface area contributed by atoms with E-state index in [2.05, 4.69) is 303 Å². The average molecular weight is 1080 g/mol. The van der Waals surface area contributed by atoms with Crippen molar-refractivity contribution < 1.29 is 4.74 Å². The molecule has 16 rings (SSSR count). The van der Waals surface area contributed by atoms with Crippen LogP contribution in [0.15, 0.2) is 271 Å². The highest BCUT2D eigenvalue weighted by atomic mass is 32.2. The second-order valence-corrected chi connectivity index (χ2v) is 23.7. The van der Waals surface area contributed by atoms with Crippen molar-refractivity contribution in [2.24, 2.45) is 0 Å². The minimum atomic E-state index is -0.147. The normalized spacial score (nSPS) is 13.0. The third kappa shape index (κ3) is 7.93. The number of rotatable bonds is 8. The Bertz CT molecular complexity index is 4530. The van der Waals surface area contributed by atoms with Gasteiger partial charge in [-0.25, -0.2) is 0 Å². The molecule has 4 aliphatic rings. The quantitative estimate of drug-likeness (QED) is 0.141. The fourth-order valence-corrected chi connectivity index (χ4v) is 15.2. The van der Waals surface area contributed by atoms with Gasteiger partial charge in [-0.3, -0.25) is 0 Å². The van der Waals surface area contributed by atoms with Crippen molar-refractivity contribution in [1.29, 1.82) is 0 Å². The van der Waals surface area contributed by atoms with Crippen LogP contribution >= 0.6 is 11.8 Å². The van der Waals surface area contributed by atoms with Gasteiger partial charge >= 0.3 is 0 Å². The number of aryl methyl sites for hydroxylation is 4. The third-order valence-electron chi connectivity index (χ3n) is 17.5. The number of ether oxygens (including phenoxy) is 1. The van der Waals surface area contributed by atoms with Gasteiger partial charge in [-0.15, -0.1) is 0 Å². The molecule has 0 bridgehead atoms. The summed E-state index contributed by atoms with van der Waals surface area (Å²) >= 11 is 1.91. The topological polar surface area (TPSA) is 19.0 Å². The van der Waals surface area contributed by atoms with Crippen LogP contribution in [0, 0.1) is 27.7 Å². The number of benzene rings is 12. The largest absolute Gasteiger partial charge is 0.458 e. The highest BCUT2D eigenvalue weighted by Gasteiger charge is 2.48. The van der Waals surface area contributed by atoms with Crippen LogP contribution in [0.3, 0.4) is 0 Å². The van der Waals surface area contributed by atoms with Crippen molar-refractivity contribution in [2.45, 2.75) is 37.5 Å². The van der Waals surface area contributed by atoms with E-state index in [0.717, 1.165) is 90.5 Å². The van der Waals surface area contributed by atoms with Gasteiger partial charge in [0, 0.05) is 60.7 Å². The second kappa shape index (κ2) is 19.5. The summed E-state index contributed by atoms with van der Waals surface area (Å²) in [5.41, 5.74) is 29.4. The van der Waals surface area contributed by atoms with E-state index in [4.69, 9.17) is 4.74 Å². The van der Waals surface area contributed by atoms with Crippen molar-refractivity contribution in [3.05, 3.63) is 283 Å². The summed E-state index contributed by atoms with van der Waals surface area (Å²) in [5.74, 6) is 1.80. The molecule has 0 amide bonds. The monoisotopic (exact) mass is 1080 g/mol. The lowest BCUT2D eigenvalue weighted by atomic mass is 9.31. The zero-order valence-corrected chi connectivity index (χ0v) is 47.5. The van der Waals surface area contributed by atoms with Crippen LogP contribution < -0.4 is 52.2 Å². The molecular formula is C76H55B2N3OS. The van der Waals surface area contributed by atoms with Gasteiger partial charge in [0.05, 0.1) is 11.4 Å². The van der Waals surface area contributed by atoms with Gasteiger partial charge < -0.3 is 19.4 Å². The standard InChI is InChI=1S/C76H55B2N3OS/c1-48-36-38-60-70(40-48)82-71-43-54(74-50(3)22-21-23-51(74)4)42-68-75(71)77(60)62-46-63-67(47-66(62)80(68)64-34-19-17-32-58(64)52-24-9-5-10-25-52)81(65-35-20-18-33-59(65)53-26-11-6-12-27-53)69-44-57(79(55-28-13-7-14-29-55)56-30-15-8-16-31-56)45-73-76(69)78(63)61-39-37-49(2)41-72(61)83-73/h5-47H,1-4H3. The van der Waals surface area contributed by atoms with Gasteiger partial charge in [0.1, 0.15) is 11.5 Å². The van der Waals surface area contributed by atoms with Crippen LogP contribution in [-0.4, -0.2) is 13.4 Å². The highest BCUT2D eigenvalue weighted by molar-refractivity contribution is 8.00. The molecule has 0 spiro atoms. The number of para-hydroxylation sites is 4. The van der Waals surface area contributed by atoms with E-state index in [1.54, 1.807) is 0 Å². The maximum atomic E-state index is 7.33. The SMILES string of the molecule is Cc1ccc2c(c1)Oc1cc(-c3c(C)cccc3C)cc3c1B2c1cc2c(cc1N3c1ccccc1-c1ccccc1)N(c1ccccc1-c1ccccc1)c1cc(N(c3ccccc3)c3ccccc3)cc3c1B2c1ccc(C)cc1S3. The Labute approximate surface area is 491 Å². The number of hydrogen-bond donors (Lipinski definition) is 0. The fraction of sp³-hybridized carbons (Fsp3) is 0.0526. The summed E-state index contributed by atoms with van der Waals surface area (Å²) < 4.78 is 7.33. The molecule has 4 heterocycles. The summed E-state index contributed by atoms with van der Waals surface area (Å²) in [6, 6.07) is 97.1. The Morgan fingerprint density at radius 3 is 1.46 bits per heavy atom. The van der Waals surface area contributed by atoms with E-state index >= 15 is 0 Å². The van der Waals surface area contributed by atoms with Crippen LogP contribution in [-0.2, 0) is 0 Å². The number of nitrogens with zero attached hydrogens (tertiary/aromatic N) is 3. The maximum Gasteiger partial charge on any atom is 0.256 e. The smallest absolute Gasteiger partial charge is 0.256 e. The summed E-state index contributed by atoms with van der Waals surface area (Å²) in [5, 5.41) is 0. The molecule has 7 heteroatoms. The van der Waals surface area contributed by atoms with Crippen molar-refractivity contribution >= 4 is 109 Å². The second-order valence-electron chi connectivity index (χ2n) is 22.6. The van der Waals surface area contributed by atoms with Crippen molar-refractivity contribution in [3.8, 4) is 44.9 Å². The van der Waals surface area contributed by atoms with Crippen molar-refractivity contribution in [1.82, 2.24) is 0 Å². The Hall–Kier alpha value is -9.68. The van der Waals surface area contributed by atoms with Gasteiger partial charge in [0.2, 0.25) is 6.71 Å². The van der Waals surface area contributed by atoms with Crippen LogP contribution in [0.4, 0.5) is 51.2 Å². The third-order valence-corrected chi connectivity index (χ3v) is 18.6. The molecule has 0 fully saturated rings. The van der Waals surface area contributed by atoms with Crippen molar-refractivity contribution in [2.75, 3.05) is 14.7 Å². The maximum absolute atomic E-state index is 7.33. The number of fused-ring (bicyclic) bond motifs is 8. The Kier molecular flexibility index (Phi) is 11.6. The highest BCUT2D eigenvalue weighted by Crippen LogP contribution is 2.52. The zero-order valence-electron chi connectivity index (χ0n) is 46.6. The van der Waals surface area contributed by atoms with E-state index in [1.807, 2.05) is 11.8 Å². The lowest BCUT2D eigenvalue weighted by Crippen LogP contribution is -2.64. The Balaban J connectivity index is 1.05. The van der Waals surface area contributed by atoms with Gasteiger partial charge in [0.25, 0.3) is 6.71 Å². The van der Waals surface area contributed by atoms with E-state index < -0.39 is 0 Å². The molecule has 0 radical (unpaired) electrons. The van der Waals surface area contributed by atoms with Crippen LogP contribution in [0.5, 0.6) is 11.5 Å². The van der Waals surface area contributed by atoms with Crippen LogP contribution in [0.25, 0.3) is 33.4 Å². The van der Waals surface area contributed by atoms with Gasteiger partial charge in [-0.1, -0.05) is 205 Å². The van der Waals surface area contributed by atoms with Crippen molar-refractivity contribution in [3.63, 3.8) is 0 Å². The Morgan fingerprint density at radius 1 is 0.337 bits per heavy atom. The fourth-order valence-electron chi connectivity index (χ4n) is 13.9. The summed E-state index contributed by atoms with van der Waals surface area (Å²) in [4.78, 5) is 10.2. The average Bonchev–Trinajstić information content (AvgIpc) is 1.25. The predicted molar refractivity (Wildman–Crippen MR) is 352 cm³/mol. The van der Waals surface area contributed by atoms with E-state index in [-0.39, 0.29) is 13.4 Å². The summed E-state index contributed by atoms with van der Waals surface area (Å²) in [6.45, 7) is 8.63. The molecule has 0 aliphatic carbocycles. The molecule has 392 valence electrons. The molecule has 0 saturated heterocycles. The predicted octanol–water partition coefficient (Wildman–Crippen LogP) is 16.6. The molecule has 4 nitrogen and oxygen atoms in total. The molecule has 12 aromatic carbocycles. The van der Waals surface area contributed by atoms with E-state index in [0.29, 0.717) is 0 Å². The number of hydrogen-bond acceptors (Lipinski definition) is 5. The first-order chi connectivity index (χ1) is 40.8. The first-order valence-corrected chi connectivity index (χ1v) is 29.6. The van der Waals surface area contributed by atoms with Gasteiger partial charge in [0.15, 0.2) is 0 Å². The lowest BCUT2D eigenvalue weighted by molar-refractivity contribution is 0.487. The Morgan fingerprint density at radius 2 is 0.855 bits per heavy atom. The lowest BCUT2D eigenvalue weighted by Gasteiger charge is -2.45. The zero-order chi connectivity index (χ0) is 55.4. The van der Waals surface area contributed by atoms with Crippen LogP contribution in [0.2, 0.25) is 0 Å².